The summed E-state index contributed by atoms with van der Waals surface area (Å²) in [6, 6.07) is 1.16. The highest BCUT2D eigenvalue weighted by Crippen LogP contribution is 2.35. The topological polar surface area (TPSA) is 83.7 Å². The lowest BCUT2D eigenvalue weighted by molar-refractivity contribution is -0.275. The molecule has 0 radical (unpaired) electrons. The Kier molecular flexibility index (Phi) is 5.14. The van der Waals surface area contributed by atoms with Crippen molar-refractivity contribution in [2.24, 2.45) is 5.73 Å². The summed E-state index contributed by atoms with van der Waals surface area (Å²) in [6.45, 7) is 1.39. The maximum atomic E-state index is 12.4. The van der Waals surface area contributed by atoms with Gasteiger partial charge in [-0.1, -0.05) is 0 Å². The molecule has 0 saturated heterocycles. The van der Waals surface area contributed by atoms with Gasteiger partial charge in [0.2, 0.25) is 5.75 Å². The number of carbonyl (C=O) groups excluding carboxylic acids is 1. The molecule has 1 rings (SSSR count). The number of methoxy groups -OCH3 is 1. The van der Waals surface area contributed by atoms with Gasteiger partial charge in [-0.15, -0.1) is 13.2 Å². The molecule has 0 aliphatic heterocycles. The van der Waals surface area contributed by atoms with Crippen LogP contribution in [0.4, 0.5) is 13.2 Å². The van der Waals surface area contributed by atoms with E-state index in [1.807, 2.05) is 0 Å². The molecular formula is C11H13F3N2O4. The lowest BCUT2D eigenvalue weighted by Gasteiger charge is -2.16. The second-order valence-corrected chi connectivity index (χ2v) is 3.47. The number of hydrogen-bond acceptors (Lipinski definition) is 6. The maximum Gasteiger partial charge on any atom is 0.573 e. The zero-order valence-electron chi connectivity index (χ0n) is 10.8. The largest absolute Gasteiger partial charge is 0.573 e. The Morgan fingerprint density at radius 3 is 2.55 bits per heavy atom. The van der Waals surface area contributed by atoms with Crippen molar-refractivity contribution < 1.29 is 32.2 Å². The van der Waals surface area contributed by atoms with E-state index in [-0.39, 0.29) is 24.6 Å². The van der Waals surface area contributed by atoms with Gasteiger partial charge in [-0.25, -0.2) is 9.78 Å². The third kappa shape index (κ3) is 3.98. The first-order valence-corrected chi connectivity index (χ1v) is 5.53. The second kappa shape index (κ2) is 6.42. The summed E-state index contributed by atoms with van der Waals surface area (Å²) in [5, 5.41) is 0. The minimum atomic E-state index is -5.00. The maximum absolute atomic E-state index is 12.4. The van der Waals surface area contributed by atoms with Crippen molar-refractivity contribution in [3.8, 4) is 11.5 Å². The number of pyridine rings is 1. The summed E-state index contributed by atoms with van der Waals surface area (Å²) >= 11 is 0. The molecule has 1 aromatic heterocycles. The van der Waals surface area contributed by atoms with Crippen LogP contribution in [0.25, 0.3) is 0 Å². The first-order chi connectivity index (χ1) is 9.32. The number of nitrogens with two attached hydrogens (primary N) is 1. The quantitative estimate of drug-likeness (QED) is 0.831. The molecule has 0 saturated carbocycles. The number of alkyl halides is 3. The molecule has 0 spiro atoms. The van der Waals surface area contributed by atoms with Gasteiger partial charge in [0.1, 0.15) is 0 Å². The highest BCUT2D eigenvalue weighted by Gasteiger charge is 2.36. The van der Waals surface area contributed by atoms with E-state index in [1.54, 1.807) is 0 Å². The molecule has 0 aliphatic carbocycles. The van der Waals surface area contributed by atoms with E-state index >= 15 is 0 Å². The van der Waals surface area contributed by atoms with Crippen molar-refractivity contribution in [2.45, 2.75) is 19.8 Å². The summed E-state index contributed by atoms with van der Waals surface area (Å²) in [7, 11) is 1.13. The lowest BCUT2D eigenvalue weighted by Crippen LogP contribution is -2.21. The fourth-order valence-electron chi connectivity index (χ4n) is 1.37. The fourth-order valence-corrected chi connectivity index (χ4v) is 1.37. The Hall–Kier alpha value is -2.03. The average molecular weight is 294 g/mol. The number of nitrogens with zero attached hydrogens (tertiary/aromatic N) is 1. The van der Waals surface area contributed by atoms with Crippen LogP contribution < -0.4 is 15.2 Å². The summed E-state index contributed by atoms with van der Waals surface area (Å²) in [5.41, 5.74) is 4.89. The van der Waals surface area contributed by atoms with Crippen molar-refractivity contribution >= 4 is 5.97 Å². The van der Waals surface area contributed by atoms with Crippen molar-refractivity contribution in [2.75, 3.05) is 13.7 Å². The van der Waals surface area contributed by atoms with Crippen molar-refractivity contribution in [3.05, 3.63) is 17.5 Å². The molecule has 0 atom stereocenters. The van der Waals surface area contributed by atoms with Gasteiger partial charge in [0.25, 0.3) is 0 Å². The smallest absolute Gasteiger partial charge is 0.493 e. The Labute approximate surface area is 112 Å². The Morgan fingerprint density at radius 2 is 2.10 bits per heavy atom. The molecule has 0 aromatic carbocycles. The van der Waals surface area contributed by atoms with Crippen molar-refractivity contribution in [1.82, 2.24) is 4.98 Å². The van der Waals surface area contributed by atoms with E-state index in [2.05, 4.69) is 14.5 Å². The van der Waals surface area contributed by atoms with E-state index in [4.69, 9.17) is 10.5 Å². The van der Waals surface area contributed by atoms with E-state index < -0.39 is 23.8 Å². The van der Waals surface area contributed by atoms with Crippen LogP contribution in [-0.2, 0) is 11.3 Å². The third-order valence-electron chi connectivity index (χ3n) is 2.11. The average Bonchev–Trinajstić information content (AvgIpc) is 2.37. The normalized spacial score (nSPS) is 11.1. The van der Waals surface area contributed by atoms with E-state index in [0.717, 1.165) is 13.2 Å². The zero-order chi connectivity index (χ0) is 15.3. The molecule has 112 valence electrons. The number of aromatic nitrogens is 1. The first kappa shape index (κ1) is 16.0. The number of hydrogen-bond donors (Lipinski definition) is 1. The van der Waals surface area contributed by atoms with Crippen molar-refractivity contribution in [3.63, 3.8) is 0 Å². The minimum absolute atomic E-state index is 0.0266. The highest BCUT2D eigenvalue weighted by molar-refractivity contribution is 5.91. The molecule has 1 heterocycles. The molecule has 20 heavy (non-hydrogen) atoms. The van der Waals surface area contributed by atoms with Crippen LogP contribution in [0.3, 0.4) is 0 Å². The van der Waals surface area contributed by atoms with E-state index in [1.165, 1.54) is 6.92 Å². The van der Waals surface area contributed by atoms with Crippen LogP contribution in [0, 0.1) is 0 Å². The molecular weight excluding hydrogens is 281 g/mol. The van der Waals surface area contributed by atoms with Gasteiger partial charge in [-0.2, -0.15) is 0 Å². The number of ether oxygens (including phenoxy) is 3. The number of esters is 1. The predicted molar refractivity (Wildman–Crippen MR) is 61.3 cm³/mol. The fraction of sp³-hybridized carbons (Fsp3) is 0.455. The monoisotopic (exact) mass is 294 g/mol. The zero-order valence-corrected chi connectivity index (χ0v) is 10.8. The number of halogens is 3. The van der Waals surface area contributed by atoms with Crippen LogP contribution in [0.1, 0.15) is 23.1 Å². The van der Waals surface area contributed by atoms with E-state index in [0.29, 0.717) is 0 Å². The van der Waals surface area contributed by atoms with Gasteiger partial charge in [0.05, 0.1) is 19.4 Å². The van der Waals surface area contributed by atoms with Gasteiger partial charge in [-0.05, 0) is 6.92 Å². The lowest BCUT2D eigenvalue weighted by atomic mass is 10.2. The molecule has 1 aromatic rings. The third-order valence-corrected chi connectivity index (χ3v) is 2.11. The number of carbonyl (C=O) groups is 1. The molecule has 9 heteroatoms. The van der Waals surface area contributed by atoms with Crippen LogP contribution in [0.5, 0.6) is 11.5 Å². The van der Waals surface area contributed by atoms with Crippen molar-refractivity contribution in [1.29, 1.82) is 0 Å². The van der Waals surface area contributed by atoms with Gasteiger partial charge >= 0.3 is 12.3 Å². The van der Waals surface area contributed by atoms with Crippen LogP contribution in [-0.4, -0.2) is 31.0 Å². The standard InChI is InChI=1S/C11H13F3N2O4/c1-3-19-10(17)8-9(20-11(12,13)14)7(18-2)4-6(5-15)16-8/h4H,3,5,15H2,1-2H3. The molecule has 6 nitrogen and oxygen atoms in total. The summed E-state index contributed by atoms with van der Waals surface area (Å²) in [6.07, 6.45) is -5.00. The van der Waals surface area contributed by atoms with Gasteiger partial charge in [-0.3, -0.25) is 0 Å². The predicted octanol–water partition coefficient (Wildman–Crippen LogP) is 1.62. The Bertz CT molecular complexity index is 491. The van der Waals surface area contributed by atoms with E-state index in [9.17, 15) is 18.0 Å². The van der Waals surface area contributed by atoms with Crippen LogP contribution in [0.15, 0.2) is 6.07 Å². The molecule has 0 bridgehead atoms. The number of rotatable bonds is 5. The van der Waals surface area contributed by atoms with Crippen LogP contribution >= 0.6 is 0 Å². The van der Waals surface area contributed by atoms with Gasteiger partial charge in [0, 0.05) is 12.6 Å². The SMILES string of the molecule is CCOC(=O)c1nc(CN)cc(OC)c1OC(F)(F)F. The molecule has 0 fully saturated rings. The van der Waals surface area contributed by atoms with Gasteiger partial charge < -0.3 is 19.9 Å². The van der Waals surface area contributed by atoms with Gasteiger partial charge in [0.15, 0.2) is 11.4 Å². The van der Waals surface area contributed by atoms with Crippen LogP contribution in [0.2, 0.25) is 0 Å². The molecule has 0 unspecified atom stereocenters. The molecule has 0 aliphatic rings. The Morgan fingerprint density at radius 1 is 1.45 bits per heavy atom. The molecule has 2 N–H and O–H groups in total. The summed E-state index contributed by atoms with van der Waals surface area (Å²) in [4.78, 5) is 15.4. The Balaban J connectivity index is 3.38. The minimum Gasteiger partial charge on any atom is -0.493 e. The first-order valence-electron chi connectivity index (χ1n) is 5.53. The molecule has 0 amide bonds. The summed E-state index contributed by atoms with van der Waals surface area (Å²) in [5.74, 6) is -2.21. The summed E-state index contributed by atoms with van der Waals surface area (Å²) < 4.78 is 50.4. The second-order valence-electron chi connectivity index (χ2n) is 3.47. The highest BCUT2D eigenvalue weighted by atomic mass is 19.4.